The maximum Gasteiger partial charge on any atom is 0.410 e. The first-order valence-corrected chi connectivity index (χ1v) is 16.6. The summed E-state index contributed by atoms with van der Waals surface area (Å²) in [5.41, 5.74) is 6.48. The van der Waals surface area contributed by atoms with E-state index >= 15 is 0 Å². The van der Waals surface area contributed by atoms with Crippen molar-refractivity contribution in [2.24, 2.45) is 11.7 Å². The molecule has 4 rings (SSSR count). The number of ether oxygens (including phenoxy) is 1. The van der Waals surface area contributed by atoms with E-state index < -0.39 is 39.5 Å². The number of likely N-dealkylation sites (tertiary alicyclic amines) is 2. The topological polar surface area (TPSA) is 130 Å². The Morgan fingerprint density at radius 2 is 1.51 bits per heavy atom. The first-order valence-electron chi connectivity index (χ1n) is 15.0. The summed E-state index contributed by atoms with van der Waals surface area (Å²) in [5.74, 6) is -1.34. The molecule has 2 aromatic rings. The molecule has 2 aliphatic rings. The fourth-order valence-corrected chi connectivity index (χ4v) is 7.62. The number of amides is 3. The minimum Gasteiger partial charge on any atom is -0.444 e. The molecule has 2 atom stereocenters. The molecule has 43 heavy (non-hydrogen) atoms. The van der Waals surface area contributed by atoms with Gasteiger partial charge in [-0.1, -0.05) is 60.7 Å². The van der Waals surface area contributed by atoms with Crippen LogP contribution in [0.5, 0.6) is 0 Å². The number of nitrogens with zero attached hydrogens (tertiary/aromatic N) is 3. The van der Waals surface area contributed by atoms with Crippen LogP contribution in [0.4, 0.5) is 4.79 Å². The van der Waals surface area contributed by atoms with Gasteiger partial charge in [-0.2, -0.15) is 4.31 Å². The van der Waals surface area contributed by atoms with Gasteiger partial charge in [0.25, 0.3) is 0 Å². The first kappa shape index (κ1) is 32.5. The second-order valence-electron chi connectivity index (χ2n) is 12.5. The van der Waals surface area contributed by atoms with E-state index in [0.29, 0.717) is 50.9 Å². The van der Waals surface area contributed by atoms with Gasteiger partial charge < -0.3 is 20.3 Å². The quantitative estimate of drug-likeness (QED) is 0.437. The second-order valence-corrected chi connectivity index (χ2v) is 14.4. The van der Waals surface area contributed by atoms with Crippen molar-refractivity contribution in [1.82, 2.24) is 14.1 Å². The summed E-state index contributed by atoms with van der Waals surface area (Å²) < 4.78 is 35.4. The van der Waals surface area contributed by atoms with Crippen molar-refractivity contribution in [3.05, 3.63) is 71.8 Å². The van der Waals surface area contributed by atoms with Crippen molar-refractivity contribution in [3.8, 4) is 0 Å². The summed E-state index contributed by atoms with van der Waals surface area (Å²) in [5, 5.41) is 0. The lowest BCUT2D eigenvalue weighted by Crippen LogP contribution is -2.56. The Morgan fingerprint density at radius 1 is 0.930 bits per heavy atom. The van der Waals surface area contributed by atoms with Crippen LogP contribution in [0.2, 0.25) is 0 Å². The molecule has 2 aliphatic heterocycles. The number of benzene rings is 2. The van der Waals surface area contributed by atoms with E-state index in [0.717, 1.165) is 5.56 Å². The standard InChI is InChI=1S/C32H44N4O6S/c1-32(2,3)42-31(39)34-19-16-25(17-20-34)22-36(43(40,41)23-26-13-8-5-9-14-26)28(21-24-11-6-4-7-12-24)30(38)35-18-10-15-27(35)29(33)37/h4-9,11-14,25,27-28H,10,15-23H2,1-3H3,(H2,33,37)/t27-,28+/m0/s1. The molecule has 2 aromatic carbocycles. The highest BCUT2D eigenvalue weighted by atomic mass is 32.2. The Labute approximate surface area is 255 Å². The van der Waals surface area contributed by atoms with Gasteiger partial charge in [0.15, 0.2) is 0 Å². The Bertz CT molecular complexity index is 1360. The normalized spacial score (nSPS) is 18.9. The van der Waals surface area contributed by atoms with Crippen LogP contribution in [-0.4, -0.2) is 84.3 Å². The second kappa shape index (κ2) is 13.9. The van der Waals surface area contributed by atoms with Crippen molar-refractivity contribution < 1.29 is 27.5 Å². The molecule has 3 amide bonds. The van der Waals surface area contributed by atoms with Crippen LogP contribution in [0, 0.1) is 5.92 Å². The number of nitrogens with two attached hydrogens (primary N) is 1. The number of piperidine rings is 1. The zero-order chi connectivity index (χ0) is 31.2. The maximum atomic E-state index is 14.3. The molecule has 2 saturated heterocycles. The van der Waals surface area contributed by atoms with E-state index in [1.165, 1.54) is 9.21 Å². The van der Waals surface area contributed by atoms with Gasteiger partial charge in [0.05, 0.1) is 5.75 Å². The lowest BCUT2D eigenvalue weighted by atomic mass is 9.95. The third-order valence-corrected chi connectivity index (χ3v) is 9.84. The minimum atomic E-state index is -4.00. The van der Waals surface area contributed by atoms with E-state index in [-0.39, 0.29) is 30.7 Å². The molecule has 11 heteroatoms. The molecule has 0 bridgehead atoms. The van der Waals surface area contributed by atoms with E-state index in [4.69, 9.17) is 10.5 Å². The van der Waals surface area contributed by atoms with Crippen LogP contribution < -0.4 is 5.73 Å². The predicted octanol–water partition coefficient (Wildman–Crippen LogP) is 3.55. The Balaban J connectivity index is 1.65. The fraction of sp³-hybridized carbons (Fsp3) is 0.531. The van der Waals surface area contributed by atoms with E-state index in [1.54, 1.807) is 29.2 Å². The highest BCUT2D eigenvalue weighted by molar-refractivity contribution is 7.88. The molecule has 2 heterocycles. The van der Waals surface area contributed by atoms with Crippen LogP contribution in [-0.2, 0) is 36.5 Å². The highest BCUT2D eigenvalue weighted by Gasteiger charge is 2.43. The highest BCUT2D eigenvalue weighted by Crippen LogP contribution is 2.28. The largest absolute Gasteiger partial charge is 0.444 e. The van der Waals surface area contributed by atoms with Crippen LogP contribution >= 0.6 is 0 Å². The van der Waals surface area contributed by atoms with Crippen molar-refractivity contribution >= 4 is 27.9 Å². The third kappa shape index (κ3) is 8.79. The molecule has 0 unspecified atom stereocenters. The lowest BCUT2D eigenvalue weighted by Gasteiger charge is -2.38. The molecule has 0 aromatic heterocycles. The molecule has 234 valence electrons. The van der Waals surface area contributed by atoms with Crippen molar-refractivity contribution in [2.45, 2.75) is 76.3 Å². The summed E-state index contributed by atoms with van der Waals surface area (Å²) in [6, 6.07) is 16.4. The van der Waals surface area contributed by atoms with Crippen molar-refractivity contribution in [3.63, 3.8) is 0 Å². The molecule has 2 N–H and O–H groups in total. The fourth-order valence-electron chi connectivity index (χ4n) is 5.85. The monoisotopic (exact) mass is 612 g/mol. The molecular formula is C32H44N4O6S. The molecule has 0 saturated carbocycles. The zero-order valence-electron chi connectivity index (χ0n) is 25.4. The summed E-state index contributed by atoms with van der Waals surface area (Å²) in [4.78, 5) is 42.3. The number of hydrogen-bond donors (Lipinski definition) is 1. The van der Waals surface area contributed by atoms with Crippen LogP contribution in [0.1, 0.15) is 57.6 Å². The van der Waals surface area contributed by atoms with Gasteiger partial charge in [0.2, 0.25) is 21.8 Å². The average Bonchev–Trinajstić information content (AvgIpc) is 3.45. The number of carbonyl (C=O) groups excluding carboxylic acids is 3. The smallest absolute Gasteiger partial charge is 0.410 e. The molecule has 0 spiro atoms. The van der Waals surface area contributed by atoms with Gasteiger partial charge in [0.1, 0.15) is 17.7 Å². The Morgan fingerprint density at radius 3 is 2.07 bits per heavy atom. The van der Waals surface area contributed by atoms with Gasteiger partial charge in [-0.25, -0.2) is 13.2 Å². The molecule has 0 radical (unpaired) electrons. The lowest BCUT2D eigenvalue weighted by molar-refractivity contribution is -0.140. The van der Waals surface area contributed by atoms with Crippen molar-refractivity contribution in [1.29, 1.82) is 0 Å². The summed E-state index contributed by atoms with van der Waals surface area (Å²) in [6.45, 7) is 6.79. The zero-order valence-corrected chi connectivity index (χ0v) is 26.2. The van der Waals surface area contributed by atoms with Gasteiger partial charge in [0, 0.05) is 26.2 Å². The molecule has 10 nitrogen and oxygen atoms in total. The van der Waals surface area contributed by atoms with Crippen LogP contribution in [0.25, 0.3) is 0 Å². The van der Waals surface area contributed by atoms with Gasteiger partial charge in [-0.3, -0.25) is 9.59 Å². The number of carbonyl (C=O) groups is 3. The van der Waals surface area contributed by atoms with Gasteiger partial charge in [-0.05, 0) is 69.9 Å². The number of sulfonamides is 1. The number of hydrogen-bond acceptors (Lipinski definition) is 6. The first-order chi connectivity index (χ1) is 20.3. The van der Waals surface area contributed by atoms with Gasteiger partial charge >= 0.3 is 6.09 Å². The average molecular weight is 613 g/mol. The van der Waals surface area contributed by atoms with Gasteiger partial charge in [-0.15, -0.1) is 0 Å². The van der Waals surface area contributed by atoms with Crippen LogP contribution in [0.15, 0.2) is 60.7 Å². The summed E-state index contributed by atoms with van der Waals surface area (Å²) in [7, 11) is -4.00. The third-order valence-electron chi connectivity index (χ3n) is 8.02. The summed E-state index contributed by atoms with van der Waals surface area (Å²) in [6.07, 6.45) is 1.98. The van der Waals surface area contributed by atoms with E-state index in [1.807, 2.05) is 57.2 Å². The number of rotatable bonds is 10. The van der Waals surface area contributed by atoms with Crippen molar-refractivity contribution in [2.75, 3.05) is 26.2 Å². The molecule has 0 aliphatic carbocycles. The summed E-state index contributed by atoms with van der Waals surface area (Å²) >= 11 is 0. The molecule has 2 fully saturated rings. The van der Waals surface area contributed by atoms with E-state index in [2.05, 4.69) is 0 Å². The molecular weight excluding hydrogens is 568 g/mol. The Hall–Kier alpha value is -3.44. The van der Waals surface area contributed by atoms with Crippen LogP contribution in [0.3, 0.4) is 0 Å². The maximum absolute atomic E-state index is 14.3. The number of primary amides is 1. The SMILES string of the molecule is CC(C)(C)OC(=O)N1CCC(CN([C@H](Cc2ccccc2)C(=O)N2CCC[C@H]2C(N)=O)S(=O)(=O)Cc2ccccc2)CC1. The predicted molar refractivity (Wildman–Crippen MR) is 164 cm³/mol. The van der Waals surface area contributed by atoms with E-state index in [9.17, 15) is 22.8 Å². The Kier molecular flexibility index (Phi) is 10.5. The minimum absolute atomic E-state index is 0.0826.